The van der Waals surface area contributed by atoms with Crippen molar-refractivity contribution in [2.75, 3.05) is 0 Å². The monoisotopic (exact) mass is 330 g/mol. The number of hydrogen-bond donors (Lipinski definition) is 0. The minimum atomic E-state index is 0.394. The number of rotatable bonds is 7. The molecule has 1 atom stereocenters. The molecule has 0 aliphatic rings. The van der Waals surface area contributed by atoms with Crippen molar-refractivity contribution in [1.82, 2.24) is 0 Å². The van der Waals surface area contributed by atoms with Gasteiger partial charge in [0.05, 0.1) is 0 Å². The van der Waals surface area contributed by atoms with E-state index < -0.39 is 0 Å². The van der Waals surface area contributed by atoms with Gasteiger partial charge in [-0.05, 0) is 43.0 Å². The molecule has 0 spiro atoms. The van der Waals surface area contributed by atoms with Crippen LogP contribution in [0.5, 0.6) is 0 Å². The minimum Gasteiger partial charge on any atom is -0.0840 e. The molecular weight excluding hydrogens is 308 g/mol. The second kappa shape index (κ2) is 8.22. The maximum atomic E-state index is 6.33. The van der Waals surface area contributed by atoms with Crippen molar-refractivity contribution in [2.24, 2.45) is 0 Å². The number of unbranched alkanes of at least 4 members (excludes halogenated alkanes) is 4. The second-order valence-corrected chi connectivity index (χ2v) is 6.64. The standard InChI is InChI=1S/C16H24BrCl/c1-4-5-6-7-8-9-15(17)14-10-12(2)13(3)11-16(14)18/h10-11,15H,4-9H2,1-3H3. The predicted octanol–water partition coefficient (Wildman–Crippen LogP) is 6.75. The first-order chi connectivity index (χ1) is 8.56. The van der Waals surface area contributed by atoms with E-state index >= 15 is 0 Å². The fourth-order valence-electron chi connectivity index (χ4n) is 2.13. The fraction of sp³-hybridized carbons (Fsp3) is 0.625. The van der Waals surface area contributed by atoms with Gasteiger partial charge in [0.1, 0.15) is 0 Å². The predicted molar refractivity (Wildman–Crippen MR) is 86.0 cm³/mol. The quantitative estimate of drug-likeness (QED) is 0.383. The van der Waals surface area contributed by atoms with E-state index in [-0.39, 0.29) is 0 Å². The summed E-state index contributed by atoms with van der Waals surface area (Å²) < 4.78 is 0. The third-order valence-electron chi connectivity index (χ3n) is 3.51. The molecule has 0 amide bonds. The largest absolute Gasteiger partial charge is 0.0840 e. The van der Waals surface area contributed by atoms with Crippen LogP contribution in [0.3, 0.4) is 0 Å². The molecule has 0 saturated heterocycles. The summed E-state index contributed by atoms with van der Waals surface area (Å²) >= 11 is 10.1. The lowest BCUT2D eigenvalue weighted by Gasteiger charge is -2.14. The highest BCUT2D eigenvalue weighted by Crippen LogP contribution is 2.35. The van der Waals surface area contributed by atoms with Crippen LogP contribution in [-0.2, 0) is 0 Å². The first kappa shape index (κ1) is 16.0. The molecule has 1 aromatic carbocycles. The first-order valence-electron chi connectivity index (χ1n) is 6.97. The van der Waals surface area contributed by atoms with E-state index in [1.807, 2.05) is 0 Å². The van der Waals surface area contributed by atoms with Gasteiger partial charge in [-0.1, -0.05) is 72.6 Å². The normalized spacial score (nSPS) is 12.7. The summed E-state index contributed by atoms with van der Waals surface area (Å²) in [6.07, 6.45) is 7.80. The Bertz CT molecular complexity index is 374. The molecule has 0 aliphatic heterocycles. The Kier molecular flexibility index (Phi) is 7.33. The highest BCUT2D eigenvalue weighted by atomic mass is 79.9. The van der Waals surface area contributed by atoms with Gasteiger partial charge in [-0.15, -0.1) is 0 Å². The zero-order chi connectivity index (χ0) is 13.5. The lowest BCUT2D eigenvalue weighted by Crippen LogP contribution is -1.94. The summed E-state index contributed by atoms with van der Waals surface area (Å²) in [7, 11) is 0. The summed E-state index contributed by atoms with van der Waals surface area (Å²) in [4.78, 5) is 0.394. The molecule has 0 heterocycles. The average molecular weight is 332 g/mol. The lowest BCUT2D eigenvalue weighted by atomic mass is 10.0. The van der Waals surface area contributed by atoms with Gasteiger partial charge in [0.15, 0.2) is 0 Å². The maximum absolute atomic E-state index is 6.33. The fourth-order valence-corrected chi connectivity index (χ4v) is 3.31. The smallest absolute Gasteiger partial charge is 0.0452 e. The Morgan fingerprint density at radius 2 is 1.67 bits per heavy atom. The zero-order valence-electron chi connectivity index (χ0n) is 11.7. The Labute approximate surface area is 125 Å². The molecule has 0 saturated carbocycles. The van der Waals surface area contributed by atoms with Crippen LogP contribution in [0, 0.1) is 13.8 Å². The average Bonchev–Trinajstić information content (AvgIpc) is 2.33. The van der Waals surface area contributed by atoms with Crippen LogP contribution in [0.25, 0.3) is 0 Å². The summed E-state index contributed by atoms with van der Waals surface area (Å²) in [6, 6.07) is 4.31. The van der Waals surface area contributed by atoms with Gasteiger partial charge in [0.25, 0.3) is 0 Å². The molecule has 0 radical (unpaired) electrons. The number of hydrogen-bond acceptors (Lipinski definition) is 0. The van der Waals surface area contributed by atoms with Gasteiger partial charge in [-0.25, -0.2) is 0 Å². The molecular formula is C16H24BrCl. The van der Waals surface area contributed by atoms with Crippen molar-refractivity contribution in [3.8, 4) is 0 Å². The molecule has 0 N–H and O–H groups in total. The molecule has 102 valence electrons. The molecule has 1 rings (SSSR count). The van der Waals surface area contributed by atoms with Crippen molar-refractivity contribution >= 4 is 27.5 Å². The highest BCUT2D eigenvalue weighted by molar-refractivity contribution is 9.09. The van der Waals surface area contributed by atoms with E-state index in [9.17, 15) is 0 Å². The van der Waals surface area contributed by atoms with Crippen LogP contribution in [0.15, 0.2) is 12.1 Å². The van der Waals surface area contributed by atoms with Gasteiger partial charge < -0.3 is 0 Å². The molecule has 0 nitrogen and oxygen atoms in total. The van der Waals surface area contributed by atoms with Crippen LogP contribution >= 0.6 is 27.5 Å². The van der Waals surface area contributed by atoms with Crippen molar-refractivity contribution in [2.45, 2.75) is 64.1 Å². The van der Waals surface area contributed by atoms with E-state index in [4.69, 9.17) is 11.6 Å². The maximum Gasteiger partial charge on any atom is 0.0452 e. The van der Waals surface area contributed by atoms with Crippen LogP contribution < -0.4 is 0 Å². The lowest BCUT2D eigenvalue weighted by molar-refractivity contribution is 0.606. The molecule has 0 aliphatic carbocycles. The van der Waals surface area contributed by atoms with Gasteiger partial charge in [0.2, 0.25) is 0 Å². The Balaban J connectivity index is 2.51. The van der Waals surface area contributed by atoms with E-state index in [1.54, 1.807) is 0 Å². The van der Waals surface area contributed by atoms with Gasteiger partial charge in [0, 0.05) is 9.85 Å². The van der Waals surface area contributed by atoms with Crippen LogP contribution in [0.1, 0.15) is 67.0 Å². The van der Waals surface area contributed by atoms with Crippen LogP contribution in [0.2, 0.25) is 5.02 Å². The van der Waals surface area contributed by atoms with Crippen molar-refractivity contribution in [3.63, 3.8) is 0 Å². The molecule has 18 heavy (non-hydrogen) atoms. The number of aryl methyl sites for hydroxylation is 2. The summed E-state index contributed by atoms with van der Waals surface area (Å²) in [6.45, 7) is 6.51. The van der Waals surface area contributed by atoms with Crippen molar-refractivity contribution in [1.29, 1.82) is 0 Å². The Morgan fingerprint density at radius 1 is 1.06 bits per heavy atom. The van der Waals surface area contributed by atoms with Crippen molar-refractivity contribution in [3.05, 3.63) is 33.8 Å². The van der Waals surface area contributed by atoms with Crippen molar-refractivity contribution < 1.29 is 0 Å². The summed E-state index contributed by atoms with van der Waals surface area (Å²) in [5.41, 5.74) is 3.84. The number of alkyl halides is 1. The Morgan fingerprint density at radius 3 is 2.33 bits per heavy atom. The SMILES string of the molecule is CCCCCCCC(Br)c1cc(C)c(C)cc1Cl. The Hall–Kier alpha value is -0.0100. The minimum absolute atomic E-state index is 0.394. The van der Waals surface area contributed by atoms with Crippen LogP contribution in [0.4, 0.5) is 0 Å². The second-order valence-electron chi connectivity index (χ2n) is 5.13. The topological polar surface area (TPSA) is 0 Å². The molecule has 0 bridgehead atoms. The first-order valence-corrected chi connectivity index (χ1v) is 8.26. The summed E-state index contributed by atoms with van der Waals surface area (Å²) in [5.74, 6) is 0. The van der Waals surface area contributed by atoms with E-state index in [0.717, 1.165) is 5.02 Å². The number of halogens is 2. The van der Waals surface area contributed by atoms with E-state index in [0.29, 0.717) is 4.83 Å². The van der Waals surface area contributed by atoms with Gasteiger partial charge in [-0.2, -0.15) is 0 Å². The zero-order valence-corrected chi connectivity index (χ0v) is 14.1. The molecule has 0 fully saturated rings. The number of benzene rings is 1. The summed E-state index contributed by atoms with van der Waals surface area (Å²) in [5, 5.41) is 0.897. The third kappa shape index (κ3) is 4.93. The van der Waals surface area contributed by atoms with E-state index in [1.165, 1.54) is 55.2 Å². The van der Waals surface area contributed by atoms with Gasteiger partial charge >= 0.3 is 0 Å². The molecule has 0 aromatic heterocycles. The molecule has 2 heteroatoms. The van der Waals surface area contributed by atoms with Crippen LogP contribution in [-0.4, -0.2) is 0 Å². The highest BCUT2D eigenvalue weighted by Gasteiger charge is 2.12. The molecule has 1 aromatic rings. The third-order valence-corrected chi connectivity index (χ3v) is 4.79. The molecule has 1 unspecified atom stereocenters. The van der Waals surface area contributed by atoms with Gasteiger partial charge in [-0.3, -0.25) is 0 Å². The van der Waals surface area contributed by atoms with E-state index in [2.05, 4.69) is 48.8 Å².